The van der Waals surface area contributed by atoms with Crippen molar-refractivity contribution in [1.82, 2.24) is 19.9 Å². The summed E-state index contributed by atoms with van der Waals surface area (Å²) in [5, 5.41) is 14.9. The van der Waals surface area contributed by atoms with Gasteiger partial charge in [0.1, 0.15) is 23.8 Å². The van der Waals surface area contributed by atoms with E-state index in [1.165, 1.54) is 6.33 Å². The smallest absolute Gasteiger partial charge is 0.298 e. The van der Waals surface area contributed by atoms with Crippen LogP contribution in [-0.2, 0) is 4.79 Å². The zero-order chi connectivity index (χ0) is 25.5. The topological polar surface area (TPSA) is 150 Å². The van der Waals surface area contributed by atoms with Crippen LogP contribution >= 0.6 is 0 Å². The summed E-state index contributed by atoms with van der Waals surface area (Å²) >= 11 is 0. The van der Waals surface area contributed by atoms with Crippen LogP contribution < -0.4 is 16.4 Å². The summed E-state index contributed by atoms with van der Waals surface area (Å²) in [4.78, 5) is 38.9. The molecule has 0 saturated carbocycles. The Balaban J connectivity index is 1.50. The van der Waals surface area contributed by atoms with Gasteiger partial charge in [0.2, 0.25) is 0 Å². The quantitative estimate of drug-likeness (QED) is 0.311. The van der Waals surface area contributed by atoms with Crippen molar-refractivity contribution < 1.29 is 9.59 Å². The Kier molecular flexibility index (Phi) is 7.51. The van der Waals surface area contributed by atoms with Crippen LogP contribution in [0, 0.1) is 17.3 Å². The van der Waals surface area contributed by atoms with Gasteiger partial charge in [-0.15, -0.1) is 0 Å². The molecule has 1 fully saturated rings. The maximum Gasteiger partial charge on any atom is 0.298 e. The summed E-state index contributed by atoms with van der Waals surface area (Å²) in [7, 11) is 0. The van der Waals surface area contributed by atoms with Gasteiger partial charge in [0.15, 0.2) is 0 Å². The Hall–Kier alpha value is -4.78. The van der Waals surface area contributed by atoms with Gasteiger partial charge in [-0.2, -0.15) is 0 Å². The van der Waals surface area contributed by atoms with Gasteiger partial charge in [0.05, 0.1) is 11.3 Å². The Morgan fingerprint density at radius 2 is 1.89 bits per heavy atom. The average Bonchev–Trinajstić information content (AvgIpc) is 2.89. The van der Waals surface area contributed by atoms with Crippen molar-refractivity contribution in [2.24, 2.45) is 0 Å². The van der Waals surface area contributed by atoms with Gasteiger partial charge in [0.25, 0.3) is 11.8 Å². The standard InChI is InChI=1S/C26H26N8O2/c1-2-6-21(35)34-14-5-7-19(15-34)32-25-22(24(28)30-16-31-25)23(27)17-9-11-18(12-10-17)26(36)33-20-8-3-4-13-29-20/h3-4,8-13,16,19,27H,5,7,14-15H2,1H3,(H,29,33,36)(H3,28,30,31,32). The monoisotopic (exact) mass is 482 g/mol. The van der Waals surface area contributed by atoms with E-state index in [-0.39, 0.29) is 29.4 Å². The van der Waals surface area contributed by atoms with Gasteiger partial charge in [0, 0.05) is 36.5 Å². The van der Waals surface area contributed by atoms with Gasteiger partial charge in [-0.25, -0.2) is 15.0 Å². The first-order valence-electron chi connectivity index (χ1n) is 11.5. The van der Waals surface area contributed by atoms with Gasteiger partial charge < -0.3 is 21.3 Å². The molecular weight excluding hydrogens is 456 g/mol. The number of nitrogen functional groups attached to an aromatic ring is 1. The van der Waals surface area contributed by atoms with E-state index in [2.05, 4.69) is 37.4 Å². The highest BCUT2D eigenvalue weighted by Gasteiger charge is 2.25. The van der Waals surface area contributed by atoms with Crippen LogP contribution in [0.3, 0.4) is 0 Å². The molecule has 1 unspecified atom stereocenters. The zero-order valence-corrected chi connectivity index (χ0v) is 19.8. The number of likely N-dealkylation sites (tertiary alicyclic amines) is 1. The lowest BCUT2D eigenvalue weighted by Crippen LogP contribution is -2.45. The van der Waals surface area contributed by atoms with Crippen LogP contribution in [0.5, 0.6) is 0 Å². The minimum absolute atomic E-state index is 0.0696. The average molecular weight is 483 g/mol. The van der Waals surface area contributed by atoms with Crippen LogP contribution in [-0.4, -0.2) is 56.5 Å². The number of nitrogens with zero attached hydrogens (tertiary/aromatic N) is 4. The van der Waals surface area contributed by atoms with E-state index in [0.717, 1.165) is 12.8 Å². The molecule has 1 aromatic carbocycles. The first kappa shape index (κ1) is 24.3. The van der Waals surface area contributed by atoms with Crippen LogP contribution in [0.4, 0.5) is 17.5 Å². The number of rotatable bonds is 6. The Bertz CT molecular complexity index is 1330. The minimum atomic E-state index is -0.305. The highest BCUT2D eigenvalue weighted by Crippen LogP contribution is 2.24. The van der Waals surface area contributed by atoms with E-state index in [9.17, 15) is 9.59 Å². The fraction of sp³-hybridized carbons (Fsp3) is 0.231. The third-order valence-electron chi connectivity index (χ3n) is 5.75. The maximum absolute atomic E-state index is 12.5. The first-order chi connectivity index (χ1) is 17.5. The van der Waals surface area contributed by atoms with Crippen molar-refractivity contribution in [3.8, 4) is 11.8 Å². The Morgan fingerprint density at radius 3 is 2.61 bits per heavy atom. The number of benzene rings is 1. The molecule has 5 N–H and O–H groups in total. The molecule has 0 bridgehead atoms. The highest BCUT2D eigenvalue weighted by atomic mass is 16.2. The molecule has 3 aromatic rings. The van der Waals surface area contributed by atoms with Crippen molar-refractivity contribution in [1.29, 1.82) is 5.41 Å². The van der Waals surface area contributed by atoms with E-state index in [1.807, 2.05) is 0 Å². The number of carbonyl (C=O) groups excluding carboxylic acids is 2. The van der Waals surface area contributed by atoms with Gasteiger partial charge in [-0.1, -0.05) is 24.1 Å². The van der Waals surface area contributed by atoms with Crippen molar-refractivity contribution >= 4 is 35.0 Å². The molecule has 1 aliphatic heterocycles. The number of hydrogen-bond acceptors (Lipinski definition) is 8. The molecule has 3 heterocycles. The SMILES string of the molecule is CC#CC(=O)N1CCCC(Nc2ncnc(N)c2C(=N)c2ccc(C(=O)Nc3ccccn3)cc2)C1. The lowest BCUT2D eigenvalue weighted by atomic mass is 10.0. The molecule has 36 heavy (non-hydrogen) atoms. The van der Waals surface area contributed by atoms with E-state index in [4.69, 9.17) is 11.1 Å². The van der Waals surface area contributed by atoms with Crippen LogP contribution in [0.2, 0.25) is 0 Å². The summed E-state index contributed by atoms with van der Waals surface area (Å²) in [5.41, 5.74) is 7.61. The fourth-order valence-electron chi connectivity index (χ4n) is 3.97. The molecule has 10 heteroatoms. The molecule has 0 spiro atoms. The number of amides is 2. The van der Waals surface area contributed by atoms with E-state index in [0.29, 0.717) is 41.4 Å². The van der Waals surface area contributed by atoms with Crippen molar-refractivity contribution in [3.05, 3.63) is 71.7 Å². The Labute approximate surface area is 208 Å². The number of pyridine rings is 1. The molecule has 2 amide bonds. The third kappa shape index (κ3) is 5.64. The summed E-state index contributed by atoms with van der Waals surface area (Å²) in [6.07, 6.45) is 4.60. The lowest BCUT2D eigenvalue weighted by Gasteiger charge is -2.32. The zero-order valence-electron chi connectivity index (χ0n) is 19.8. The maximum atomic E-state index is 12.5. The molecule has 4 rings (SSSR count). The summed E-state index contributed by atoms with van der Waals surface area (Å²) < 4.78 is 0. The molecular formula is C26H26N8O2. The van der Waals surface area contributed by atoms with E-state index in [1.54, 1.807) is 60.5 Å². The minimum Gasteiger partial charge on any atom is -0.383 e. The summed E-state index contributed by atoms with van der Waals surface area (Å²) in [6, 6.07) is 11.8. The molecule has 2 aromatic heterocycles. The number of hydrogen-bond donors (Lipinski definition) is 4. The number of piperidine rings is 1. The highest BCUT2D eigenvalue weighted by molar-refractivity contribution is 6.16. The molecule has 10 nitrogen and oxygen atoms in total. The number of anilines is 3. The lowest BCUT2D eigenvalue weighted by molar-refractivity contribution is -0.126. The van der Waals surface area contributed by atoms with Crippen molar-refractivity contribution in [2.75, 3.05) is 29.5 Å². The molecule has 1 saturated heterocycles. The summed E-state index contributed by atoms with van der Waals surface area (Å²) in [5.74, 6) is 5.76. The fourth-order valence-corrected chi connectivity index (χ4v) is 3.97. The largest absolute Gasteiger partial charge is 0.383 e. The third-order valence-corrected chi connectivity index (χ3v) is 5.75. The first-order valence-corrected chi connectivity index (χ1v) is 11.5. The normalized spacial score (nSPS) is 14.8. The molecule has 0 aliphatic carbocycles. The van der Waals surface area contributed by atoms with Gasteiger partial charge >= 0.3 is 0 Å². The Morgan fingerprint density at radius 1 is 1.11 bits per heavy atom. The molecule has 1 aliphatic rings. The number of nitrogens with two attached hydrogens (primary N) is 1. The summed E-state index contributed by atoms with van der Waals surface area (Å²) in [6.45, 7) is 2.77. The number of nitrogens with one attached hydrogen (secondary N) is 3. The second-order valence-corrected chi connectivity index (χ2v) is 8.21. The second kappa shape index (κ2) is 11.1. The predicted octanol–water partition coefficient (Wildman–Crippen LogP) is 2.55. The van der Waals surface area contributed by atoms with E-state index < -0.39 is 0 Å². The van der Waals surface area contributed by atoms with Crippen molar-refractivity contribution in [2.45, 2.75) is 25.8 Å². The van der Waals surface area contributed by atoms with E-state index >= 15 is 0 Å². The van der Waals surface area contributed by atoms with Gasteiger partial charge in [-0.3, -0.25) is 15.0 Å². The van der Waals surface area contributed by atoms with Crippen molar-refractivity contribution in [3.63, 3.8) is 0 Å². The molecule has 0 radical (unpaired) electrons. The molecule has 182 valence electrons. The predicted molar refractivity (Wildman–Crippen MR) is 138 cm³/mol. The van der Waals surface area contributed by atoms with Crippen LogP contribution in [0.15, 0.2) is 55.0 Å². The molecule has 1 atom stereocenters. The van der Waals surface area contributed by atoms with Crippen LogP contribution in [0.25, 0.3) is 0 Å². The van der Waals surface area contributed by atoms with Gasteiger partial charge in [-0.05, 0) is 50.0 Å². The second-order valence-electron chi connectivity index (χ2n) is 8.21. The van der Waals surface area contributed by atoms with Crippen LogP contribution in [0.1, 0.15) is 41.3 Å². The number of aromatic nitrogens is 3. The number of carbonyl (C=O) groups is 2.